The first-order chi connectivity index (χ1) is 7.25. The minimum Gasteiger partial charge on any atom is -0.399 e. The summed E-state index contributed by atoms with van der Waals surface area (Å²) >= 11 is 1.38. The fourth-order valence-corrected chi connectivity index (χ4v) is 1.72. The van der Waals surface area contributed by atoms with E-state index in [1.807, 2.05) is 11.4 Å². The predicted octanol–water partition coefficient (Wildman–Crippen LogP) is 1.98. The summed E-state index contributed by atoms with van der Waals surface area (Å²) in [5.74, 6) is 0.302. The Morgan fingerprint density at radius 3 is 3.00 bits per heavy atom. The maximum absolute atomic E-state index is 11.6. The molecule has 0 unspecified atom stereocenters. The monoisotopic (exact) mass is 219 g/mol. The van der Waals surface area contributed by atoms with Crippen molar-refractivity contribution in [3.05, 3.63) is 40.7 Å². The lowest BCUT2D eigenvalue weighted by Crippen LogP contribution is -2.11. The van der Waals surface area contributed by atoms with Crippen molar-refractivity contribution >= 4 is 28.7 Å². The normalized spacial score (nSPS) is 9.87. The van der Waals surface area contributed by atoms with Crippen LogP contribution in [-0.4, -0.2) is 10.9 Å². The molecule has 2 aromatic rings. The van der Waals surface area contributed by atoms with Crippen LogP contribution in [-0.2, 0) is 0 Å². The molecule has 0 spiro atoms. The van der Waals surface area contributed by atoms with Crippen molar-refractivity contribution in [1.29, 1.82) is 0 Å². The fourth-order valence-electron chi connectivity index (χ4n) is 1.10. The lowest BCUT2D eigenvalue weighted by Gasteiger charge is -2.02. The van der Waals surface area contributed by atoms with Crippen molar-refractivity contribution in [3.63, 3.8) is 0 Å². The standard InChI is InChI=1S/C10H9N3OS/c11-7-3-4-12-9(6-7)13-10(14)8-2-1-5-15-8/h1-6H,(H3,11,12,13,14). The Bertz CT molecular complexity index is 467. The summed E-state index contributed by atoms with van der Waals surface area (Å²) < 4.78 is 0. The lowest BCUT2D eigenvalue weighted by molar-refractivity contribution is 0.103. The number of anilines is 2. The Labute approximate surface area is 90.8 Å². The van der Waals surface area contributed by atoms with Crippen LogP contribution < -0.4 is 11.1 Å². The van der Waals surface area contributed by atoms with Crippen LogP contribution in [0, 0.1) is 0 Å². The van der Waals surface area contributed by atoms with Crippen molar-refractivity contribution in [3.8, 4) is 0 Å². The van der Waals surface area contributed by atoms with E-state index in [9.17, 15) is 4.79 Å². The van der Waals surface area contributed by atoms with Crippen molar-refractivity contribution in [1.82, 2.24) is 4.98 Å². The number of nitrogens with two attached hydrogens (primary N) is 1. The summed E-state index contributed by atoms with van der Waals surface area (Å²) in [4.78, 5) is 16.2. The lowest BCUT2D eigenvalue weighted by atomic mass is 10.4. The second kappa shape index (κ2) is 4.10. The Kier molecular flexibility index (Phi) is 2.64. The molecule has 1 amide bonds. The molecule has 0 aliphatic heterocycles. The van der Waals surface area contributed by atoms with Gasteiger partial charge in [0, 0.05) is 18.0 Å². The molecule has 0 bridgehead atoms. The number of thiophene rings is 1. The third kappa shape index (κ3) is 2.32. The van der Waals surface area contributed by atoms with E-state index in [-0.39, 0.29) is 5.91 Å². The van der Waals surface area contributed by atoms with Gasteiger partial charge in [0.05, 0.1) is 4.88 Å². The molecule has 5 heteroatoms. The molecule has 4 nitrogen and oxygen atoms in total. The molecule has 0 aromatic carbocycles. The van der Waals surface area contributed by atoms with E-state index in [1.54, 1.807) is 24.4 Å². The van der Waals surface area contributed by atoms with Gasteiger partial charge >= 0.3 is 0 Å². The van der Waals surface area contributed by atoms with E-state index in [1.165, 1.54) is 11.3 Å². The first-order valence-corrected chi connectivity index (χ1v) is 5.20. The Morgan fingerprint density at radius 1 is 1.47 bits per heavy atom. The van der Waals surface area contributed by atoms with Gasteiger partial charge in [0.1, 0.15) is 5.82 Å². The molecule has 0 atom stereocenters. The number of nitrogens with one attached hydrogen (secondary N) is 1. The van der Waals surface area contributed by atoms with Gasteiger partial charge in [-0.1, -0.05) is 6.07 Å². The molecule has 2 aromatic heterocycles. The number of carbonyl (C=O) groups excluding carboxylic acids is 1. The molecular formula is C10H9N3OS. The first kappa shape index (κ1) is 9.67. The van der Waals surface area contributed by atoms with Crippen LogP contribution >= 0.6 is 11.3 Å². The highest BCUT2D eigenvalue weighted by molar-refractivity contribution is 7.12. The number of nitrogens with zero attached hydrogens (tertiary/aromatic N) is 1. The van der Waals surface area contributed by atoms with Crippen LogP contribution in [0.5, 0.6) is 0 Å². The molecule has 2 rings (SSSR count). The van der Waals surface area contributed by atoms with Gasteiger partial charge in [0.2, 0.25) is 0 Å². The van der Waals surface area contributed by atoms with E-state index in [0.29, 0.717) is 16.4 Å². The SMILES string of the molecule is Nc1ccnc(NC(=O)c2cccs2)c1. The smallest absolute Gasteiger partial charge is 0.266 e. The van der Waals surface area contributed by atoms with Gasteiger partial charge < -0.3 is 11.1 Å². The number of amides is 1. The summed E-state index contributed by atoms with van der Waals surface area (Å²) in [7, 11) is 0. The molecule has 0 aliphatic rings. The number of nitrogen functional groups attached to an aromatic ring is 1. The van der Waals surface area contributed by atoms with Gasteiger partial charge in [0.15, 0.2) is 0 Å². The number of carbonyl (C=O) groups is 1. The van der Waals surface area contributed by atoms with Crippen LogP contribution in [0.1, 0.15) is 9.67 Å². The van der Waals surface area contributed by atoms with Crippen molar-refractivity contribution < 1.29 is 4.79 Å². The maximum atomic E-state index is 11.6. The third-order valence-electron chi connectivity index (χ3n) is 1.77. The molecule has 0 fully saturated rings. The highest BCUT2D eigenvalue weighted by Gasteiger charge is 2.06. The zero-order chi connectivity index (χ0) is 10.7. The van der Waals surface area contributed by atoms with Gasteiger partial charge in [-0.15, -0.1) is 11.3 Å². The van der Waals surface area contributed by atoms with E-state index >= 15 is 0 Å². The number of rotatable bonds is 2. The van der Waals surface area contributed by atoms with E-state index in [2.05, 4.69) is 10.3 Å². The maximum Gasteiger partial charge on any atom is 0.266 e. The highest BCUT2D eigenvalue weighted by atomic mass is 32.1. The van der Waals surface area contributed by atoms with Crippen molar-refractivity contribution in [2.24, 2.45) is 0 Å². The van der Waals surface area contributed by atoms with Gasteiger partial charge in [0.25, 0.3) is 5.91 Å². The Morgan fingerprint density at radius 2 is 2.33 bits per heavy atom. The predicted molar refractivity (Wildman–Crippen MR) is 60.9 cm³/mol. The quantitative estimate of drug-likeness (QED) is 0.811. The van der Waals surface area contributed by atoms with Crippen LogP contribution in [0.2, 0.25) is 0 Å². The molecule has 76 valence electrons. The molecule has 15 heavy (non-hydrogen) atoms. The van der Waals surface area contributed by atoms with Crippen LogP contribution in [0.15, 0.2) is 35.8 Å². The molecule has 3 N–H and O–H groups in total. The van der Waals surface area contributed by atoms with Gasteiger partial charge in [-0.05, 0) is 17.5 Å². The number of hydrogen-bond acceptors (Lipinski definition) is 4. The van der Waals surface area contributed by atoms with Crippen LogP contribution in [0.25, 0.3) is 0 Å². The number of hydrogen-bond donors (Lipinski definition) is 2. The molecule has 0 saturated carbocycles. The average Bonchev–Trinajstić information content (AvgIpc) is 2.70. The molecule has 0 radical (unpaired) electrons. The topological polar surface area (TPSA) is 68.0 Å². The summed E-state index contributed by atoms with van der Waals surface area (Å²) in [5, 5.41) is 4.51. The Balaban J connectivity index is 2.13. The first-order valence-electron chi connectivity index (χ1n) is 4.32. The number of aromatic nitrogens is 1. The fraction of sp³-hybridized carbons (Fsp3) is 0. The number of pyridine rings is 1. The van der Waals surface area contributed by atoms with Crippen molar-refractivity contribution in [2.75, 3.05) is 11.1 Å². The highest BCUT2D eigenvalue weighted by Crippen LogP contribution is 2.13. The third-order valence-corrected chi connectivity index (χ3v) is 2.64. The second-order valence-corrected chi connectivity index (χ2v) is 3.85. The zero-order valence-electron chi connectivity index (χ0n) is 7.81. The minimum absolute atomic E-state index is 0.164. The minimum atomic E-state index is -0.164. The average molecular weight is 219 g/mol. The molecular weight excluding hydrogens is 210 g/mol. The molecule has 0 aliphatic carbocycles. The van der Waals surface area contributed by atoms with Gasteiger partial charge in [-0.2, -0.15) is 0 Å². The summed E-state index contributed by atoms with van der Waals surface area (Å²) in [6.07, 6.45) is 1.55. The van der Waals surface area contributed by atoms with Crippen LogP contribution in [0.3, 0.4) is 0 Å². The van der Waals surface area contributed by atoms with Gasteiger partial charge in [-0.3, -0.25) is 4.79 Å². The Hall–Kier alpha value is -1.88. The zero-order valence-corrected chi connectivity index (χ0v) is 8.62. The molecule has 2 heterocycles. The summed E-state index contributed by atoms with van der Waals surface area (Å²) in [5.41, 5.74) is 6.14. The molecule has 0 saturated heterocycles. The van der Waals surface area contributed by atoms with E-state index < -0.39 is 0 Å². The van der Waals surface area contributed by atoms with Gasteiger partial charge in [-0.25, -0.2) is 4.98 Å². The van der Waals surface area contributed by atoms with E-state index in [0.717, 1.165) is 0 Å². The largest absolute Gasteiger partial charge is 0.399 e. The summed E-state index contributed by atoms with van der Waals surface area (Å²) in [6, 6.07) is 6.87. The van der Waals surface area contributed by atoms with Crippen LogP contribution in [0.4, 0.5) is 11.5 Å². The summed E-state index contributed by atoms with van der Waals surface area (Å²) in [6.45, 7) is 0. The van der Waals surface area contributed by atoms with E-state index in [4.69, 9.17) is 5.73 Å². The van der Waals surface area contributed by atoms with Crippen molar-refractivity contribution in [2.45, 2.75) is 0 Å². The second-order valence-electron chi connectivity index (χ2n) is 2.91.